The van der Waals surface area contributed by atoms with E-state index in [1.54, 1.807) is 16.7 Å². The van der Waals surface area contributed by atoms with Crippen LogP contribution in [-0.2, 0) is 20.8 Å². The molecule has 1 aliphatic rings. The minimum atomic E-state index is -2.74. The van der Waals surface area contributed by atoms with Crippen LogP contribution < -0.4 is 0 Å². The Morgan fingerprint density at radius 2 is 1.56 bits per heavy atom. The maximum Gasteiger partial charge on any atom is 0.336 e. The van der Waals surface area contributed by atoms with Gasteiger partial charge in [-0.1, -0.05) is 18.2 Å². The first-order chi connectivity index (χ1) is 16.9. The Labute approximate surface area is 204 Å². The fourth-order valence-electron chi connectivity index (χ4n) is 4.12. The van der Waals surface area contributed by atoms with Gasteiger partial charge in [-0.25, -0.2) is 9.18 Å². The quantitative estimate of drug-likeness (QED) is 0.285. The lowest BCUT2D eigenvalue weighted by molar-refractivity contribution is -0.170. The third-order valence-electron chi connectivity index (χ3n) is 5.74. The molecule has 0 spiro atoms. The number of aromatic nitrogens is 1. The standard InChI is InChI=1S/C19H17FN2O.C6H8O7/c1-21(2)10-9-14-16-11-12(20)7-8-17(16)22-18(14)13-5-3-4-6-15(13)19(22)23;7-3(8)1-6(13,5(11)12)2-4(9)10/h3-8,11H,9-10H2,1-2H3;13H,1-2H2,(H,7,8)(H,9,10)(H,11,12). The van der Waals surface area contributed by atoms with Crippen LogP contribution in [0.25, 0.3) is 22.2 Å². The Morgan fingerprint density at radius 3 is 2.08 bits per heavy atom. The zero-order valence-electron chi connectivity index (χ0n) is 19.6. The Kier molecular flexibility index (Phi) is 7.56. The molecule has 4 rings (SSSR count). The predicted octanol–water partition coefficient (Wildman–Crippen LogP) is 2.30. The number of rotatable bonds is 8. The fraction of sp³-hybridized carbons (Fsp3) is 0.280. The summed E-state index contributed by atoms with van der Waals surface area (Å²) in [6.07, 6.45) is -1.51. The van der Waals surface area contributed by atoms with Gasteiger partial charge in [0.1, 0.15) is 5.82 Å². The molecule has 10 nitrogen and oxygen atoms in total. The van der Waals surface area contributed by atoms with Gasteiger partial charge in [-0.2, -0.15) is 0 Å². The number of carboxylic acids is 3. The number of hydrogen-bond donors (Lipinski definition) is 4. The van der Waals surface area contributed by atoms with Gasteiger partial charge in [0, 0.05) is 23.1 Å². The number of hydrogen-bond acceptors (Lipinski definition) is 6. The van der Waals surface area contributed by atoms with E-state index >= 15 is 0 Å². The maximum absolute atomic E-state index is 13.8. The highest BCUT2D eigenvalue weighted by molar-refractivity contribution is 6.15. The molecule has 0 aliphatic carbocycles. The average molecular weight is 500 g/mol. The van der Waals surface area contributed by atoms with Gasteiger partial charge in [0.05, 0.1) is 24.1 Å². The summed E-state index contributed by atoms with van der Waals surface area (Å²) in [6.45, 7) is 0.846. The summed E-state index contributed by atoms with van der Waals surface area (Å²) < 4.78 is 15.5. The molecular formula is C25H25FN2O8. The van der Waals surface area contributed by atoms with Gasteiger partial charge in [-0.3, -0.25) is 19.0 Å². The van der Waals surface area contributed by atoms with E-state index in [0.717, 1.165) is 46.3 Å². The highest BCUT2D eigenvalue weighted by Gasteiger charge is 2.40. The number of fused-ring (bicyclic) bond motifs is 5. The van der Waals surface area contributed by atoms with Crippen LogP contribution in [0.15, 0.2) is 42.5 Å². The first kappa shape index (κ1) is 26.5. The molecule has 0 fully saturated rings. The van der Waals surface area contributed by atoms with Gasteiger partial charge < -0.3 is 25.3 Å². The Bertz CT molecular complexity index is 1350. The zero-order valence-corrected chi connectivity index (χ0v) is 19.6. The maximum atomic E-state index is 13.8. The number of halogens is 1. The Hall–Kier alpha value is -4.09. The number of carboxylic acid groups (broad SMARTS) is 3. The molecule has 0 amide bonds. The van der Waals surface area contributed by atoms with Gasteiger partial charge in [-0.05, 0) is 50.3 Å². The van der Waals surface area contributed by atoms with Crippen LogP contribution in [0.3, 0.4) is 0 Å². The summed E-state index contributed by atoms with van der Waals surface area (Å²) in [5, 5.41) is 34.6. The van der Waals surface area contributed by atoms with E-state index < -0.39 is 36.4 Å². The smallest absolute Gasteiger partial charge is 0.336 e. The second kappa shape index (κ2) is 10.3. The molecule has 0 radical (unpaired) electrons. The van der Waals surface area contributed by atoms with Crippen molar-refractivity contribution in [2.45, 2.75) is 24.9 Å². The van der Waals surface area contributed by atoms with E-state index in [-0.39, 0.29) is 11.7 Å². The van der Waals surface area contributed by atoms with E-state index in [1.807, 2.05) is 38.4 Å². The summed E-state index contributed by atoms with van der Waals surface area (Å²) in [5.74, 6) is -5.31. The molecule has 190 valence electrons. The SMILES string of the molecule is CN(C)CCc1c2n(c3ccc(F)cc13)C(=O)c1ccccc1-2.O=C(O)CC(O)(CC(=O)O)C(=O)O. The number of benzene rings is 2. The molecule has 1 aromatic heterocycles. The number of likely N-dealkylation sites (N-methyl/N-ethyl adjacent to an activating group) is 1. The van der Waals surface area contributed by atoms with Crippen molar-refractivity contribution in [2.75, 3.05) is 20.6 Å². The molecule has 0 saturated heterocycles. The second-order valence-corrected chi connectivity index (χ2v) is 8.71. The van der Waals surface area contributed by atoms with Crippen LogP contribution in [0, 0.1) is 5.82 Å². The van der Waals surface area contributed by atoms with Crippen molar-refractivity contribution < 1.29 is 44.0 Å². The molecule has 0 unspecified atom stereocenters. The third kappa shape index (κ3) is 5.26. The van der Waals surface area contributed by atoms with Gasteiger partial charge in [0.15, 0.2) is 5.60 Å². The summed E-state index contributed by atoms with van der Waals surface area (Å²) >= 11 is 0. The number of nitrogens with zero attached hydrogens (tertiary/aromatic N) is 2. The summed E-state index contributed by atoms with van der Waals surface area (Å²) in [4.78, 5) is 45.4. The van der Waals surface area contributed by atoms with E-state index in [0.29, 0.717) is 0 Å². The lowest BCUT2D eigenvalue weighted by Gasteiger charge is -2.18. The Morgan fingerprint density at radius 1 is 0.972 bits per heavy atom. The molecule has 3 aromatic rings. The van der Waals surface area contributed by atoms with Crippen LogP contribution in [0.2, 0.25) is 0 Å². The number of carbonyl (C=O) groups excluding carboxylic acids is 1. The highest BCUT2D eigenvalue weighted by Crippen LogP contribution is 2.41. The number of carbonyl (C=O) groups is 4. The van der Waals surface area contributed by atoms with Crippen molar-refractivity contribution in [3.63, 3.8) is 0 Å². The first-order valence-corrected chi connectivity index (χ1v) is 10.9. The Balaban J connectivity index is 0.000000240. The lowest BCUT2D eigenvalue weighted by Crippen LogP contribution is -2.42. The monoisotopic (exact) mass is 500 g/mol. The van der Waals surface area contributed by atoms with E-state index in [4.69, 9.17) is 20.4 Å². The van der Waals surface area contributed by atoms with Gasteiger partial charge in [0.2, 0.25) is 0 Å². The molecular weight excluding hydrogens is 475 g/mol. The summed E-state index contributed by atoms with van der Waals surface area (Å²) in [7, 11) is 4.02. The van der Waals surface area contributed by atoms with Crippen LogP contribution >= 0.6 is 0 Å². The molecule has 4 N–H and O–H groups in total. The van der Waals surface area contributed by atoms with Crippen LogP contribution in [0.1, 0.15) is 28.8 Å². The van der Waals surface area contributed by atoms with E-state index in [2.05, 4.69) is 4.90 Å². The van der Waals surface area contributed by atoms with Crippen LogP contribution in [0.5, 0.6) is 0 Å². The molecule has 2 heterocycles. The second-order valence-electron chi connectivity index (χ2n) is 8.71. The van der Waals surface area contributed by atoms with Crippen molar-refractivity contribution in [1.29, 1.82) is 0 Å². The van der Waals surface area contributed by atoms with Crippen molar-refractivity contribution in [2.24, 2.45) is 0 Å². The minimum absolute atomic E-state index is 0.0247. The summed E-state index contributed by atoms with van der Waals surface area (Å²) in [5.41, 5.74) is 1.69. The molecule has 2 aromatic carbocycles. The average Bonchev–Trinajstić information content (AvgIpc) is 3.24. The van der Waals surface area contributed by atoms with Crippen LogP contribution in [-0.4, -0.2) is 79.9 Å². The molecule has 36 heavy (non-hydrogen) atoms. The zero-order chi connectivity index (χ0) is 26.8. The minimum Gasteiger partial charge on any atom is -0.481 e. The highest BCUT2D eigenvalue weighted by atomic mass is 19.1. The topological polar surface area (TPSA) is 157 Å². The largest absolute Gasteiger partial charge is 0.481 e. The fourth-order valence-corrected chi connectivity index (χ4v) is 4.12. The molecule has 0 saturated carbocycles. The van der Waals surface area contributed by atoms with Gasteiger partial charge >= 0.3 is 17.9 Å². The third-order valence-corrected chi connectivity index (χ3v) is 5.74. The normalized spacial score (nSPS) is 12.2. The number of aliphatic hydroxyl groups is 1. The molecule has 11 heteroatoms. The molecule has 1 aliphatic heterocycles. The summed E-state index contributed by atoms with van der Waals surface area (Å²) in [6, 6.07) is 12.3. The van der Waals surface area contributed by atoms with Crippen molar-refractivity contribution in [1.82, 2.24) is 9.47 Å². The molecule has 0 bridgehead atoms. The predicted molar refractivity (Wildman–Crippen MR) is 126 cm³/mol. The van der Waals surface area contributed by atoms with Gasteiger partial charge in [0.25, 0.3) is 5.91 Å². The van der Waals surface area contributed by atoms with E-state index in [9.17, 15) is 23.6 Å². The first-order valence-electron chi connectivity index (χ1n) is 10.9. The van der Waals surface area contributed by atoms with Crippen molar-refractivity contribution in [3.05, 3.63) is 59.4 Å². The van der Waals surface area contributed by atoms with E-state index in [1.165, 1.54) is 6.07 Å². The lowest BCUT2D eigenvalue weighted by atomic mass is 9.96. The van der Waals surface area contributed by atoms with Crippen molar-refractivity contribution >= 4 is 34.7 Å². The number of aliphatic carboxylic acids is 3. The van der Waals surface area contributed by atoms with Crippen molar-refractivity contribution in [3.8, 4) is 11.3 Å². The van der Waals surface area contributed by atoms with Gasteiger partial charge in [-0.15, -0.1) is 0 Å². The molecule has 0 atom stereocenters. The van der Waals surface area contributed by atoms with Crippen LogP contribution in [0.4, 0.5) is 4.39 Å².